The van der Waals surface area contributed by atoms with Gasteiger partial charge in [0.2, 0.25) is 0 Å². The third-order valence-electron chi connectivity index (χ3n) is 2.03. The molecule has 15 heavy (non-hydrogen) atoms. The summed E-state index contributed by atoms with van der Waals surface area (Å²) < 4.78 is 1.86. The average molecular weight is 245 g/mol. The number of imidazole rings is 1. The van der Waals surface area contributed by atoms with Crippen LogP contribution in [-0.4, -0.2) is 28.7 Å². The first-order chi connectivity index (χ1) is 7.13. The van der Waals surface area contributed by atoms with E-state index in [0.717, 1.165) is 17.0 Å². The van der Waals surface area contributed by atoms with Crippen LogP contribution in [0, 0.1) is 0 Å². The predicted octanol–water partition coefficient (Wildman–Crippen LogP) is 2.02. The van der Waals surface area contributed by atoms with Gasteiger partial charge in [0.25, 0.3) is 0 Å². The molecule has 0 saturated carbocycles. The Balaban J connectivity index is 2.74. The molecule has 80 valence electrons. The van der Waals surface area contributed by atoms with Gasteiger partial charge in [0, 0.05) is 20.3 Å². The number of alkyl halides is 1. The highest BCUT2D eigenvalue weighted by atomic mass is 35.5. The highest BCUT2D eigenvalue weighted by Gasteiger charge is 2.12. The maximum atomic E-state index is 5.84. The van der Waals surface area contributed by atoms with E-state index in [4.69, 9.17) is 23.2 Å². The Bertz CT molecular complexity index is 492. The van der Waals surface area contributed by atoms with E-state index >= 15 is 0 Å². The van der Waals surface area contributed by atoms with Crippen molar-refractivity contribution in [1.82, 2.24) is 14.6 Å². The van der Waals surface area contributed by atoms with Gasteiger partial charge in [-0.05, 0) is 6.07 Å². The molecule has 0 amide bonds. The number of pyridine rings is 1. The fourth-order valence-electron chi connectivity index (χ4n) is 1.48. The van der Waals surface area contributed by atoms with Gasteiger partial charge >= 0.3 is 0 Å². The first kappa shape index (κ1) is 10.5. The lowest BCUT2D eigenvalue weighted by atomic mass is 10.4. The molecule has 0 aliphatic rings. The first-order valence-electron chi connectivity index (χ1n) is 4.40. The summed E-state index contributed by atoms with van der Waals surface area (Å²) in [6.45, 7) is 0. The Morgan fingerprint density at radius 1 is 1.47 bits per heavy atom. The fraction of sp³-hybridized carbons (Fsp3) is 0.333. The number of aromatic nitrogens is 3. The summed E-state index contributed by atoms with van der Waals surface area (Å²) in [5.74, 6) is 1.10. The topological polar surface area (TPSA) is 34.0 Å². The van der Waals surface area contributed by atoms with Gasteiger partial charge in [-0.2, -0.15) is 0 Å². The van der Waals surface area contributed by atoms with Gasteiger partial charge in [0.05, 0.1) is 10.9 Å². The van der Waals surface area contributed by atoms with Crippen LogP contribution in [0.15, 0.2) is 12.3 Å². The number of hydrogen-bond acceptors (Lipinski definition) is 3. The van der Waals surface area contributed by atoms with Crippen molar-refractivity contribution in [3.05, 3.63) is 23.1 Å². The molecule has 0 unspecified atom stereocenters. The highest BCUT2D eigenvalue weighted by molar-refractivity contribution is 6.31. The largest absolute Gasteiger partial charge is 0.316 e. The molecule has 0 aliphatic carbocycles. The third kappa shape index (κ3) is 1.75. The molecule has 0 spiro atoms. The Morgan fingerprint density at radius 3 is 2.80 bits per heavy atom. The summed E-state index contributed by atoms with van der Waals surface area (Å²) in [5.41, 5.74) is 1.52. The van der Waals surface area contributed by atoms with Crippen LogP contribution in [0.1, 0.15) is 5.82 Å². The van der Waals surface area contributed by atoms with Crippen molar-refractivity contribution in [3.63, 3.8) is 0 Å². The average Bonchev–Trinajstić information content (AvgIpc) is 2.54. The molecule has 2 aromatic heterocycles. The number of rotatable bonds is 2. The zero-order chi connectivity index (χ0) is 11.0. The molecule has 0 radical (unpaired) electrons. The van der Waals surface area contributed by atoms with Crippen LogP contribution in [0.3, 0.4) is 0 Å². The zero-order valence-electron chi connectivity index (χ0n) is 8.41. The normalized spacial score (nSPS) is 10.9. The van der Waals surface area contributed by atoms with Crippen LogP contribution < -0.4 is 5.01 Å². The second-order valence-electron chi connectivity index (χ2n) is 3.32. The van der Waals surface area contributed by atoms with E-state index in [1.165, 1.54) is 0 Å². The summed E-state index contributed by atoms with van der Waals surface area (Å²) in [4.78, 5) is 8.59. The second kappa shape index (κ2) is 3.87. The molecular weight excluding hydrogens is 235 g/mol. The minimum absolute atomic E-state index is 0.339. The maximum Gasteiger partial charge on any atom is 0.179 e. The van der Waals surface area contributed by atoms with Crippen molar-refractivity contribution in [3.8, 4) is 0 Å². The summed E-state index contributed by atoms with van der Waals surface area (Å²) in [7, 11) is 3.82. The molecule has 2 heterocycles. The number of nitrogens with zero attached hydrogens (tertiary/aromatic N) is 4. The summed E-state index contributed by atoms with van der Waals surface area (Å²) in [6, 6.07) is 1.78. The van der Waals surface area contributed by atoms with Gasteiger partial charge < -0.3 is 5.01 Å². The monoisotopic (exact) mass is 244 g/mol. The van der Waals surface area contributed by atoms with Crippen LogP contribution in [0.2, 0.25) is 5.02 Å². The summed E-state index contributed by atoms with van der Waals surface area (Å²) in [5, 5.41) is 2.46. The lowest BCUT2D eigenvalue weighted by Gasteiger charge is -2.16. The van der Waals surface area contributed by atoms with E-state index in [0.29, 0.717) is 10.9 Å². The van der Waals surface area contributed by atoms with Crippen molar-refractivity contribution in [1.29, 1.82) is 0 Å². The van der Waals surface area contributed by atoms with Crippen LogP contribution in [0.25, 0.3) is 11.2 Å². The van der Waals surface area contributed by atoms with Crippen molar-refractivity contribution in [2.24, 2.45) is 0 Å². The molecule has 0 aromatic carbocycles. The predicted molar refractivity (Wildman–Crippen MR) is 62.2 cm³/mol. The quantitative estimate of drug-likeness (QED) is 0.759. The third-order valence-corrected chi connectivity index (χ3v) is 2.47. The van der Waals surface area contributed by atoms with E-state index in [1.807, 2.05) is 23.8 Å². The minimum atomic E-state index is 0.339. The molecule has 0 N–H and O–H groups in total. The van der Waals surface area contributed by atoms with E-state index in [-0.39, 0.29) is 0 Å². The van der Waals surface area contributed by atoms with Crippen LogP contribution in [-0.2, 0) is 5.88 Å². The number of halogens is 2. The van der Waals surface area contributed by atoms with Crippen LogP contribution >= 0.6 is 23.2 Å². The van der Waals surface area contributed by atoms with E-state index in [1.54, 1.807) is 12.3 Å². The van der Waals surface area contributed by atoms with Gasteiger partial charge in [0.15, 0.2) is 5.65 Å². The fourth-order valence-corrected chi connectivity index (χ4v) is 1.81. The van der Waals surface area contributed by atoms with Gasteiger partial charge in [-0.25, -0.2) is 14.6 Å². The van der Waals surface area contributed by atoms with Crippen LogP contribution in [0.4, 0.5) is 0 Å². The first-order valence-corrected chi connectivity index (χ1v) is 5.31. The molecule has 2 aromatic rings. The Labute approximate surface area is 97.4 Å². The zero-order valence-corrected chi connectivity index (χ0v) is 9.92. The molecule has 4 nitrogen and oxygen atoms in total. The Kier molecular flexibility index (Phi) is 2.71. The van der Waals surface area contributed by atoms with Gasteiger partial charge in [-0.1, -0.05) is 11.6 Å². The van der Waals surface area contributed by atoms with Crippen molar-refractivity contribution in [2.45, 2.75) is 5.88 Å². The maximum absolute atomic E-state index is 5.84. The minimum Gasteiger partial charge on any atom is -0.316 e. The molecule has 0 fully saturated rings. The van der Waals surface area contributed by atoms with Crippen molar-refractivity contribution in [2.75, 3.05) is 19.1 Å². The molecule has 0 bridgehead atoms. The van der Waals surface area contributed by atoms with Crippen molar-refractivity contribution >= 4 is 34.4 Å². The highest BCUT2D eigenvalue weighted by Crippen LogP contribution is 2.18. The van der Waals surface area contributed by atoms with Gasteiger partial charge in [-0.15, -0.1) is 11.6 Å². The molecule has 0 aliphatic heterocycles. The van der Waals surface area contributed by atoms with Gasteiger partial charge in [-0.3, -0.25) is 0 Å². The molecule has 0 saturated heterocycles. The molecule has 0 atom stereocenters. The molecule has 6 heteroatoms. The van der Waals surface area contributed by atoms with Gasteiger partial charge in [0.1, 0.15) is 11.3 Å². The number of fused-ring (bicyclic) bond motifs is 1. The second-order valence-corrected chi connectivity index (χ2v) is 4.02. The molecule has 2 rings (SSSR count). The van der Waals surface area contributed by atoms with E-state index in [2.05, 4.69) is 9.97 Å². The van der Waals surface area contributed by atoms with Crippen LogP contribution in [0.5, 0.6) is 0 Å². The lowest BCUT2D eigenvalue weighted by molar-refractivity contribution is 0.713. The number of hydrogen-bond donors (Lipinski definition) is 0. The van der Waals surface area contributed by atoms with E-state index in [9.17, 15) is 0 Å². The van der Waals surface area contributed by atoms with E-state index < -0.39 is 0 Å². The summed E-state index contributed by atoms with van der Waals surface area (Å²) >= 11 is 11.7. The Morgan fingerprint density at radius 2 is 2.20 bits per heavy atom. The Hall–Kier alpha value is -1.00. The smallest absolute Gasteiger partial charge is 0.179 e. The summed E-state index contributed by atoms with van der Waals surface area (Å²) in [6.07, 6.45) is 1.60. The van der Waals surface area contributed by atoms with Crippen molar-refractivity contribution < 1.29 is 0 Å². The standard InChI is InChI=1S/C9H10Cl2N4/c1-14(2)15-8(4-10)13-7-3-6(11)5-12-9(7)15/h3,5H,4H2,1-2H3. The SMILES string of the molecule is CN(C)n1c(CCl)nc2cc(Cl)cnc21. The lowest BCUT2D eigenvalue weighted by Crippen LogP contribution is -2.26. The molecular formula is C9H10Cl2N4.